The van der Waals surface area contributed by atoms with E-state index in [4.69, 9.17) is 4.74 Å². The summed E-state index contributed by atoms with van der Waals surface area (Å²) in [5, 5.41) is 2.66. The van der Waals surface area contributed by atoms with Crippen molar-refractivity contribution in [3.8, 4) is 5.75 Å². The minimum Gasteiger partial charge on any atom is -0.495 e. The minimum atomic E-state index is -3.86. The summed E-state index contributed by atoms with van der Waals surface area (Å²) in [6.45, 7) is 1.60. The number of sulfonamides is 1. The average molecular weight is 524 g/mol. The van der Waals surface area contributed by atoms with Gasteiger partial charge in [-0.05, 0) is 30.2 Å². The van der Waals surface area contributed by atoms with Gasteiger partial charge in [0.05, 0.1) is 19.1 Å². The van der Waals surface area contributed by atoms with Crippen LogP contribution in [0.2, 0.25) is 0 Å². The maximum Gasteiger partial charge on any atom is 0.244 e. The zero-order valence-electron chi connectivity index (χ0n) is 21.5. The topological polar surface area (TPSA) is 96.0 Å². The number of likely N-dealkylation sites (N-methyl/N-ethyl adjacent to an activating group) is 1. The molecule has 0 saturated carbocycles. The Morgan fingerprint density at radius 2 is 1.54 bits per heavy atom. The third kappa shape index (κ3) is 7.33. The lowest BCUT2D eigenvalue weighted by atomic mass is 10.0. The summed E-state index contributed by atoms with van der Waals surface area (Å²) in [5.74, 6) is -0.535. The van der Waals surface area contributed by atoms with Crippen molar-refractivity contribution >= 4 is 27.5 Å². The fraction of sp³-hybridized carbons (Fsp3) is 0.286. The highest BCUT2D eigenvalue weighted by Gasteiger charge is 2.33. The van der Waals surface area contributed by atoms with Crippen molar-refractivity contribution in [1.82, 2.24) is 10.2 Å². The van der Waals surface area contributed by atoms with E-state index >= 15 is 0 Å². The van der Waals surface area contributed by atoms with Gasteiger partial charge in [0, 0.05) is 20.0 Å². The Kier molecular flexibility index (Phi) is 9.30. The summed E-state index contributed by atoms with van der Waals surface area (Å²) >= 11 is 0. The molecule has 9 heteroatoms. The molecule has 3 aromatic carbocycles. The van der Waals surface area contributed by atoms with E-state index in [1.165, 1.54) is 19.1 Å². The zero-order chi connectivity index (χ0) is 27.0. The number of hydrogen-bond acceptors (Lipinski definition) is 5. The van der Waals surface area contributed by atoms with Crippen LogP contribution in [0.15, 0.2) is 78.9 Å². The fourth-order valence-corrected chi connectivity index (χ4v) is 4.89. The molecule has 0 aliphatic heterocycles. The molecule has 3 rings (SSSR count). The second-order valence-electron chi connectivity index (χ2n) is 8.77. The summed E-state index contributed by atoms with van der Waals surface area (Å²) in [6, 6.07) is 22.8. The van der Waals surface area contributed by atoms with Gasteiger partial charge in [-0.2, -0.15) is 0 Å². The van der Waals surface area contributed by atoms with E-state index in [9.17, 15) is 18.0 Å². The second kappa shape index (κ2) is 12.4. The number of carbonyl (C=O) groups excluding carboxylic acids is 2. The molecule has 0 saturated heterocycles. The number of nitrogens with one attached hydrogen (secondary N) is 1. The normalized spacial score (nSPS) is 11.9. The molecule has 0 spiro atoms. The second-order valence-corrected chi connectivity index (χ2v) is 10.7. The van der Waals surface area contributed by atoms with Crippen molar-refractivity contribution in [2.75, 3.05) is 31.3 Å². The highest BCUT2D eigenvalue weighted by Crippen LogP contribution is 2.29. The molecular weight excluding hydrogens is 490 g/mol. The summed E-state index contributed by atoms with van der Waals surface area (Å²) in [6.07, 6.45) is 1.31. The summed E-state index contributed by atoms with van der Waals surface area (Å²) < 4.78 is 32.0. The van der Waals surface area contributed by atoms with E-state index in [-0.39, 0.29) is 24.6 Å². The van der Waals surface area contributed by atoms with Crippen LogP contribution in [-0.4, -0.2) is 58.1 Å². The van der Waals surface area contributed by atoms with Crippen LogP contribution in [0.4, 0.5) is 5.69 Å². The van der Waals surface area contributed by atoms with E-state index in [1.54, 1.807) is 24.3 Å². The van der Waals surface area contributed by atoms with Gasteiger partial charge < -0.3 is 15.0 Å². The molecule has 0 unspecified atom stereocenters. The third-order valence-corrected chi connectivity index (χ3v) is 7.15. The van der Waals surface area contributed by atoms with Gasteiger partial charge >= 0.3 is 0 Å². The Bertz CT molecular complexity index is 1310. The molecule has 0 aromatic heterocycles. The van der Waals surface area contributed by atoms with Crippen molar-refractivity contribution in [2.24, 2.45) is 0 Å². The number of carbonyl (C=O) groups is 2. The number of hydrogen-bond donors (Lipinski definition) is 1. The maximum absolute atomic E-state index is 13.9. The van der Waals surface area contributed by atoms with Crippen LogP contribution in [0.3, 0.4) is 0 Å². The lowest BCUT2D eigenvalue weighted by Gasteiger charge is -2.33. The molecule has 196 valence electrons. The fourth-order valence-electron chi connectivity index (χ4n) is 4.04. The summed E-state index contributed by atoms with van der Waals surface area (Å²) in [5.41, 5.74) is 3.01. The molecule has 0 aliphatic carbocycles. The molecule has 0 heterocycles. The Labute approximate surface area is 218 Å². The summed E-state index contributed by atoms with van der Waals surface area (Å²) in [4.78, 5) is 28.4. The van der Waals surface area contributed by atoms with E-state index < -0.39 is 28.5 Å². The quantitative estimate of drug-likeness (QED) is 0.417. The van der Waals surface area contributed by atoms with E-state index in [0.717, 1.165) is 27.3 Å². The Morgan fingerprint density at radius 1 is 0.919 bits per heavy atom. The SMILES string of the molecule is CNC(=O)[C@H](Cc1ccccc1)N(Cc1ccc(C)cc1)C(=O)CN(c1ccccc1OC)S(C)(=O)=O. The average Bonchev–Trinajstić information content (AvgIpc) is 2.89. The van der Waals surface area contributed by atoms with Crippen LogP contribution < -0.4 is 14.4 Å². The number of aryl methyl sites for hydroxylation is 1. The number of methoxy groups -OCH3 is 1. The molecule has 0 fully saturated rings. The van der Waals surface area contributed by atoms with E-state index in [1.807, 2.05) is 61.5 Å². The lowest BCUT2D eigenvalue weighted by molar-refractivity contribution is -0.139. The monoisotopic (exact) mass is 523 g/mol. The number of rotatable bonds is 11. The van der Waals surface area contributed by atoms with Crippen LogP contribution in [0.25, 0.3) is 0 Å². The van der Waals surface area contributed by atoms with Gasteiger partial charge in [0.2, 0.25) is 21.8 Å². The van der Waals surface area contributed by atoms with E-state index in [0.29, 0.717) is 5.75 Å². The van der Waals surface area contributed by atoms with Crippen LogP contribution in [-0.2, 0) is 32.6 Å². The van der Waals surface area contributed by atoms with Gasteiger partial charge in [-0.25, -0.2) is 8.42 Å². The lowest BCUT2D eigenvalue weighted by Crippen LogP contribution is -2.52. The molecule has 1 N–H and O–H groups in total. The van der Waals surface area contributed by atoms with Crippen molar-refractivity contribution in [3.63, 3.8) is 0 Å². The molecular formula is C28H33N3O5S. The molecule has 1 atom stereocenters. The highest BCUT2D eigenvalue weighted by molar-refractivity contribution is 7.92. The molecule has 37 heavy (non-hydrogen) atoms. The predicted molar refractivity (Wildman–Crippen MR) is 145 cm³/mol. The van der Waals surface area contributed by atoms with Crippen molar-refractivity contribution in [2.45, 2.75) is 25.9 Å². The molecule has 0 radical (unpaired) electrons. The van der Waals surface area contributed by atoms with Gasteiger partial charge in [0.1, 0.15) is 18.3 Å². The molecule has 0 bridgehead atoms. The first-order chi connectivity index (χ1) is 17.6. The van der Waals surface area contributed by atoms with Crippen LogP contribution in [0.1, 0.15) is 16.7 Å². The van der Waals surface area contributed by atoms with Crippen LogP contribution in [0, 0.1) is 6.92 Å². The van der Waals surface area contributed by atoms with Crippen LogP contribution >= 0.6 is 0 Å². The first-order valence-corrected chi connectivity index (χ1v) is 13.7. The third-order valence-electron chi connectivity index (χ3n) is 6.02. The highest BCUT2D eigenvalue weighted by atomic mass is 32.2. The Morgan fingerprint density at radius 3 is 2.14 bits per heavy atom. The molecule has 0 aliphatic rings. The van der Waals surface area contributed by atoms with Gasteiger partial charge in [-0.15, -0.1) is 0 Å². The minimum absolute atomic E-state index is 0.133. The zero-order valence-corrected chi connectivity index (χ0v) is 22.4. The molecule has 3 aromatic rings. The molecule has 2 amide bonds. The first-order valence-electron chi connectivity index (χ1n) is 11.8. The number of anilines is 1. The number of para-hydroxylation sites is 2. The Balaban J connectivity index is 2.04. The van der Waals surface area contributed by atoms with Gasteiger partial charge in [0.25, 0.3) is 0 Å². The number of amides is 2. The van der Waals surface area contributed by atoms with Gasteiger partial charge in [-0.1, -0.05) is 72.3 Å². The largest absolute Gasteiger partial charge is 0.495 e. The van der Waals surface area contributed by atoms with Crippen LogP contribution in [0.5, 0.6) is 5.75 Å². The number of ether oxygens (including phenoxy) is 1. The smallest absolute Gasteiger partial charge is 0.244 e. The summed E-state index contributed by atoms with van der Waals surface area (Å²) in [7, 11) is -0.906. The van der Waals surface area contributed by atoms with Gasteiger partial charge in [0.15, 0.2) is 0 Å². The Hall–Kier alpha value is -3.85. The van der Waals surface area contributed by atoms with Crippen molar-refractivity contribution in [3.05, 3.63) is 95.6 Å². The standard InChI is InChI=1S/C28H33N3O5S/c1-21-14-16-23(17-15-21)19-30(25(28(33)29-2)18-22-10-6-5-7-11-22)27(32)20-31(37(4,34)35)24-12-8-9-13-26(24)36-3/h5-17,25H,18-20H2,1-4H3,(H,29,33)/t25-/m0/s1. The molecule has 8 nitrogen and oxygen atoms in total. The maximum atomic E-state index is 13.9. The van der Waals surface area contributed by atoms with Crippen molar-refractivity contribution < 1.29 is 22.7 Å². The van der Waals surface area contributed by atoms with Crippen molar-refractivity contribution in [1.29, 1.82) is 0 Å². The van der Waals surface area contributed by atoms with Gasteiger partial charge in [-0.3, -0.25) is 13.9 Å². The number of benzene rings is 3. The number of nitrogens with zero attached hydrogens (tertiary/aromatic N) is 2. The van der Waals surface area contributed by atoms with E-state index in [2.05, 4.69) is 5.32 Å². The first kappa shape index (κ1) is 27.7. The predicted octanol–water partition coefficient (Wildman–Crippen LogP) is 3.16.